The molecule has 0 aliphatic carbocycles. The smallest absolute Gasteiger partial charge is 0.340 e. The minimum Gasteiger partial charge on any atom is -0.478 e. The number of hydrogen-bond acceptors (Lipinski definition) is 3. The van der Waals surface area contributed by atoms with Gasteiger partial charge in [0.2, 0.25) is 0 Å². The molecule has 0 amide bonds. The van der Waals surface area contributed by atoms with Crippen LogP contribution in [0.15, 0.2) is 30.3 Å². The van der Waals surface area contributed by atoms with Gasteiger partial charge in [0.25, 0.3) is 0 Å². The number of nitrogens with zero attached hydrogens (tertiary/aromatic N) is 2. The third kappa shape index (κ3) is 3.25. The Labute approximate surface area is 141 Å². The van der Waals surface area contributed by atoms with Crippen LogP contribution in [0.2, 0.25) is 0 Å². The lowest BCUT2D eigenvalue weighted by Gasteiger charge is -2.32. The largest absolute Gasteiger partial charge is 0.478 e. The van der Waals surface area contributed by atoms with Crippen LogP contribution in [-0.4, -0.2) is 29.1 Å². The number of rotatable bonds is 3. The molecule has 1 aromatic carbocycles. The van der Waals surface area contributed by atoms with Gasteiger partial charge < -0.3 is 10.0 Å². The summed E-state index contributed by atoms with van der Waals surface area (Å²) >= 11 is 0. The molecule has 126 valence electrons. The third-order valence-electron chi connectivity index (χ3n) is 4.58. The molecule has 0 radical (unpaired) electrons. The van der Waals surface area contributed by atoms with Gasteiger partial charge in [-0.25, -0.2) is 14.2 Å². The van der Waals surface area contributed by atoms with Crippen molar-refractivity contribution in [3.05, 3.63) is 47.4 Å². The number of anilines is 1. The third-order valence-corrected chi connectivity index (χ3v) is 4.58. The van der Waals surface area contributed by atoms with Gasteiger partial charge in [0.05, 0.1) is 0 Å². The van der Waals surface area contributed by atoms with E-state index in [9.17, 15) is 14.3 Å². The van der Waals surface area contributed by atoms with Crippen molar-refractivity contribution in [2.75, 3.05) is 18.0 Å². The van der Waals surface area contributed by atoms with Crippen LogP contribution in [0.4, 0.5) is 10.2 Å². The highest BCUT2D eigenvalue weighted by Gasteiger charge is 2.25. The minimum absolute atomic E-state index is 0.196. The molecule has 1 fully saturated rings. The summed E-state index contributed by atoms with van der Waals surface area (Å²) in [7, 11) is 0. The van der Waals surface area contributed by atoms with E-state index in [1.165, 1.54) is 12.1 Å². The van der Waals surface area contributed by atoms with Crippen molar-refractivity contribution in [1.82, 2.24) is 4.98 Å². The van der Waals surface area contributed by atoms with Crippen LogP contribution in [0.5, 0.6) is 0 Å². The zero-order valence-corrected chi connectivity index (χ0v) is 13.9. The van der Waals surface area contributed by atoms with Crippen LogP contribution < -0.4 is 4.90 Å². The summed E-state index contributed by atoms with van der Waals surface area (Å²) < 4.78 is 13.2. The molecule has 2 aromatic rings. The molecule has 5 heteroatoms. The van der Waals surface area contributed by atoms with Crippen LogP contribution in [0.3, 0.4) is 0 Å². The fourth-order valence-corrected chi connectivity index (χ4v) is 3.17. The average Bonchev–Trinajstić information content (AvgIpc) is 2.55. The van der Waals surface area contributed by atoms with E-state index in [0.717, 1.165) is 31.6 Å². The van der Waals surface area contributed by atoms with E-state index < -0.39 is 5.97 Å². The quantitative estimate of drug-likeness (QED) is 0.920. The number of benzene rings is 1. The maximum Gasteiger partial charge on any atom is 0.340 e. The van der Waals surface area contributed by atoms with Crippen LogP contribution in [-0.2, 0) is 0 Å². The number of carbonyl (C=O) groups is 1. The van der Waals surface area contributed by atoms with Gasteiger partial charge in [-0.3, -0.25) is 0 Å². The van der Waals surface area contributed by atoms with Crippen molar-refractivity contribution in [3.8, 4) is 11.1 Å². The Balaban J connectivity index is 2.12. The first kappa shape index (κ1) is 16.4. The minimum atomic E-state index is -1.00. The predicted octanol–water partition coefficient (Wildman–Crippen LogP) is 4.13. The number of pyridine rings is 1. The monoisotopic (exact) mass is 328 g/mol. The summed E-state index contributed by atoms with van der Waals surface area (Å²) in [5.74, 6) is -0.174. The lowest BCUT2D eigenvalue weighted by Crippen LogP contribution is -2.34. The molecule has 0 bridgehead atoms. The molecule has 4 nitrogen and oxygen atoms in total. The Morgan fingerprint density at radius 3 is 2.46 bits per heavy atom. The normalized spacial score (nSPS) is 15.5. The molecule has 1 aliphatic heterocycles. The molecule has 3 rings (SSSR count). The Bertz CT molecular complexity index is 751. The predicted molar refractivity (Wildman–Crippen MR) is 91.9 cm³/mol. The fraction of sp³-hybridized carbons (Fsp3) is 0.368. The van der Waals surface area contributed by atoms with Crippen molar-refractivity contribution in [1.29, 1.82) is 0 Å². The molecule has 1 saturated heterocycles. The lowest BCUT2D eigenvalue weighted by atomic mass is 9.96. The van der Waals surface area contributed by atoms with Crippen LogP contribution >= 0.6 is 0 Å². The van der Waals surface area contributed by atoms with Crippen LogP contribution in [0, 0.1) is 18.7 Å². The van der Waals surface area contributed by atoms with Gasteiger partial charge in [-0.1, -0.05) is 19.1 Å². The van der Waals surface area contributed by atoms with Gasteiger partial charge in [0.15, 0.2) is 0 Å². The van der Waals surface area contributed by atoms with Crippen LogP contribution in [0.1, 0.15) is 35.8 Å². The van der Waals surface area contributed by atoms with E-state index in [4.69, 9.17) is 0 Å². The number of aryl methyl sites for hydroxylation is 1. The van der Waals surface area contributed by atoms with Gasteiger partial charge in [0, 0.05) is 24.3 Å². The van der Waals surface area contributed by atoms with E-state index in [2.05, 4.69) is 16.8 Å². The second-order valence-electron chi connectivity index (χ2n) is 6.49. The van der Waals surface area contributed by atoms with Gasteiger partial charge in [-0.2, -0.15) is 0 Å². The number of carboxylic acids is 1. The molecular weight excluding hydrogens is 307 g/mol. The average molecular weight is 328 g/mol. The SMILES string of the molecule is Cc1cc(-c2ccc(F)cc2)c(C(=O)O)c(N2CCC(C)CC2)n1. The summed E-state index contributed by atoms with van der Waals surface area (Å²) in [5.41, 5.74) is 2.23. The first-order valence-corrected chi connectivity index (χ1v) is 8.21. The number of aromatic nitrogens is 1. The molecule has 1 aliphatic rings. The van der Waals surface area contributed by atoms with Gasteiger partial charge in [-0.15, -0.1) is 0 Å². The summed E-state index contributed by atoms with van der Waals surface area (Å²) in [5, 5.41) is 9.80. The van der Waals surface area contributed by atoms with Crippen molar-refractivity contribution in [3.63, 3.8) is 0 Å². The number of aromatic carboxylic acids is 1. The fourth-order valence-electron chi connectivity index (χ4n) is 3.17. The highest BCUT2D eigenvalue weighted by molar-refractivity contribution is 6.01. The topological polar surface area (TPSA) is 53.4 Å². The first-order chi connectivity index (χ1) is 11.5. The zero-order chi connectivity index (χ0) is 17.3. The summed E-state index contributed by atoms with van der Waals surface area (Å²) in [6.45, 7) is 5.68. The van der Waals surface area contributed by atoms with E-state index >= 15 is 0 Å². The molecule has 1 aromatic heterocycles. The molecule has 1 N–H and O–H groups in total. The number of hydrogen-bond donors (Lipinski definition) is 1. The van der Waals surface area contributed by atoms with E-state index in [0.29, 0.717) is 22.9 Å². The second kappa shape index (κ2) is 6.59. The molecule has 0 spiro atoms. The van der Waals surface area contributed by atoms with E-state index in [1.807, 2.05) is 6.92 Å². The Kier molecular flexibility index (Phi) is 4.51. The van der Waals surface area contributed by atoms with Gasteiger partial charge in [0.1, 0.15) is 17.2 Å². The van der Waals surface area contributed by atoms with Crippen molar-refractivity contribution >= 4 is 11.8 Å². The highest BCUT2D eigenvalue weighted by atomic mass is 19.1. The van der Waals surface area contributed by atoms with Crippen molar-refractivity contribution in [2.45, 2.75) is 26.7 Å². The highest BCUT2D eigenvalue weighted by Crippen LogP contribution is 2.33. The Hall–Kier alpha value is -2.43. The molecule has 0 atom stereocenters. The summed E-state index contributed by atoms with van der Waals surface area (Å²) in [4.78, 5) is 18.5. The Morgan fingerprint density at radius 2 is 1.88 bits per heavy atom. The number of piperidine rings is 1. The van der Waals surface area contributed by atoms with Crippen molar-refractivity contribution in [2.24, 2.45) is 5.92 Å². The first-order valence-electron chi connectivity index (χ1n) is 8.21. The zero-order valence-electron chi connectivity index (χ0n) is 13.9. The maximum absolute atomic E-state index is 13.2. The summed E-state index contributed by atoms with van der Waals surface area (Å²) in [6.07, 6.45) is 2.06. The van der Waals surface area contributed by atoms with Crippen LogP contribution in [0.25, 0.3) is 11.1 Å². The Morgan fingerprint density at radius 1 is 1.25 bits per heavy atom. The molecule has 24 heavy (non-hydrogen) atoms. The van der Waals surface area contributed by atoms with Crippen molar-refractivity contribution < 1.29 is 14.3 Å². The molecule has 0 unspecified atom stereocenters. The van der Waals surface area contributed by atoms with Gasteiger partial charge >= 0.3 is 5.97 Å². The maximum atomic E-state index is 13.2. The molecular formula is C19H21FN2O2. The standard InChI is InChI=1S/C19H21FN2O2/c1-12-7-9-22(10-8-12)18-17(19(23)24)16(11-13(2)21-18)14-3-5-15(20)6-4-14/h3-6,11-12H,7-10H2,1-2H3,(H,23,24). The second-order valence-corrected chi connectivity index (χ2v) is 6.49. The molecule has 0 saturated carbocycles. The lowest BCUT2D eigenvalue weighted by molar-refractivity contribution is 0.0698. The number of carboxylic acid groups (broad SMARTS) is 1. The molecule has 2 heterocycles. The summed E-state index contributed by atoms with van der Waals surface area (Å²) in [6, 6.07) is 7.67. The number of halogens is 1. The van der Waals surface area contributed by atoms with E-state index in [1.54, 1.807) is 18.2 Å². The van der Waals surface area contributed by atoms with Gasteiger partial charge in [-0.05, 0) is 49.4 Å². The van der Waals surface area contributed by atoms with E-state index in [-0.39, 0.29) is 11.4 Å².